The Morgan fingerprint density at radius 2 is 1.94 bits per heavy atom. The third-order valence-electron chi connectivity index (χ3n) is 4.27. The predicted octanol–water partition coefficient (Wildman–Crippen LogP) is 5.20. The van der Waals surface area contributed by atoms with E-state index in [0.29, 0.717) is 28.7 Å². The molecule has 0 aliphatic heterocycles. The van der Waals surface area contributed by atoms with Crippen molar-refractivity contribution in [2.45, 2.75) is 6.61 Å². The highest BCUT2D eigenvalue weighted by atomic mass is 127. The molecule has 0 fully saturated rings. The molecule has 0 bridgehead atoms. The summed E-state index contributed by atoms with van der Waals surface area (Å²) in [5.41, 5.74) is 3.54. The van der Waals surface area contributed by atoms with Gasteiger partial charge in [-0.3, -0.25) is 14.9 Å². The van der Waals surface area contributed by atoms with Crippen molar-refractivity contribution in [2.75, 3.05) is 7.11 Å². The maximum atomic E-state index is 12.3. The number of benzene rings is 3. The quantitative estimate of drug-likeness (QED) is 0.175. The van der Waals surface area contributed by atoms with E-state index < -0.39 is 10.8 Å². The van der Waals surface area contributed by atoms with E-state index >= 15 is 0 Å². The predicted molar refractivity (Wildman–Crippen MR) is 130 cm³/mol. The van der Waals surface area contributed by atoms with Crippen LogP contribution >= 0.6 is 34.2 Å². The fourth-order valence-corrected chi connectivity index (χ4v) is 3.65. The van der Waals surface area contributed by atoms with E-state index in [1.54, 1.807) is 30.3 Å². The first kappa shape index (κ1) is 23.5. The fraction of sp³-hybridized carbons (Fsp3) is 0.0909. The fourth-order valence-electron chi connectivity index (χ4n) is 2.74. The standard InChI is InChI=1S/C22H17ClIN3O5/c1-31-20-11-15(10-18(24)21(20)32-13-14-6-8-16(23)9-7-14)12-25-26-22(28)17-4-2-3-5-19(17)27(29)30/h2-12H,13H2,1H3,(H,26,28)/b25-12-. The van der Waals surface area contributed by atoms with Crippen LogP contribution in [0.15, 0.2) is 65.8 Å². The molecular weight excluding hydrogens is 549 g/mol. The molecule has 0 atom stereocenters. The lowest BCUT2D eigenvalue weighted by Gasteiger charge is -2.13. The normalized spacial score (nSPS) is 10.7. The first-order valence-corrected chi connectivity index (χ1v) is 10.7. The minimum atomic E-state index is -0.682. The van der Waals surface area contributed by atoms with Crippen LogP contribution in [-0.4, -0.2) is 24.2 Å². The van der Waals surface area contributed by atoms with Crippen LogP contribution in [0.4, 0.5) is 5.69 Å². The van der Waals surface area contributed by atoms with Crippen LogP contribution in [0.5, 0.6) is 11.5 Å². The topological polar surface area (TPSA) is 103 Å². The van der Waals surface area contributed by atoms with E-state index in [0.717, 1.165) is 9.13 Å². The molecule has 164 valence electrons. The molecule has 0 radical (unpaired) electrons. The molecule has 3 aromatic carbocycles. The Morgan fingerprint density at radius 3 is 2.62 bits per heavy atom. The third kappa shape index (κ3) is 5.95. The van der Waals surface area contributed by atoms with Gasteiger partial charge in [0, 0.05) is 11.1 Å². The number of hydrogen-bond acceptors (Lipinski definition) is 6. The largest absolute Gasteiger partial charge is 0.493 e. The molecule has 3 aromatic rings. The van der Waals surface area contributed by atoms with Gasteiger partial charge in [0.2, 0.25) is 0 Å². The summed E-state index contributed by atoms with van der Waals surface area (Å²) in [5, 5.41) is 15.6. The van der Waals surface area contributed by atoms with Crippen LogP contribution in [0.25, 0.3) is 0 Å². The zero-order valence-electron chi connectivity index (χ0n) is 16.7. The maximum Gasteiger partial charge on any atom is 0.282 e. The van der Waals surface area contributed by atoms with Gasteiger partial charge in [-0.2, -0.15) is 5.10 Å². The van der Waals surface area contributed by atoms with Gasteiger partial charge < -0.3 is 9.47 Å². The molecule has 3 rings (SSSR count). The Kier molecular flexibility index (Phi) is 8.01. The lowest BCUT2D eigenvalue weighted by atomic mass is 10.2. The number of ether oxygens (including phenoxy) is 2. The van der Waals surface area contributed by atoms with Gasteiger partial charge in [0.25, 0.3) is 11.6 Å². The number of nitro groups is 1. The number of nitrogens with zero attached hydrogens (tertiary/aromatic N) is 2. The van der Waals surface area contributed by atoms with E-state index in [4.69, 9.17) is 21.1 Å². The van der Waals surface area contributed by atoms with E-state index in [-0.39, 0.29) is 11.3 Å². The van der Waals surface area contributed by atoms with Crippen molar-refractivity contribution in [3.8, 4) is 11.5 Å². The maximum absolute atomic E-state index is 12.3. The van der Waals surface area contributed by atoms with Crippen molar-refractivity contribution in [2.24, 2.45) is 5.10 Å². The van der Waals surface area contributed by atoms with Crippen LogP contribution in [0.3, 0.4) is 0 Å². The number of hydrazone groups is 1. The molecule has 0 heterocycles. The Morgan fingerprint density at radius 1 is 1.22 bits per heavy atom. The molecule has 0 saturated heterocycles. The van der Waals surface area contributed by atoms with Gasteiger partial charge in [-0.15, -0.1) is 0 Å². The van der Waals surface area contributed by atoms with Crippen molar-refractivity contribution in [3.05, 3.63) is 96.1 Å². The summed E-state index contributed by atoms with van der Waals surface area (Å²) in [7, 11) is 1.53. The molecule has 1 amide bonds. The number of amides is 1. The van der Waals surface area contributed by atoms with E-state index in [1.165, 1.54) is 31.5 Å². The summed E-state index contributed by atoms with van der Waals surface area (Å²) in [6, 6.07) is 16.5. The number of carbonyl (C=O) groups excluding carboxylic acids is 1. The Hall–Kier alpha value is -3.18. The number of halogens is 2. The number of para-hydroxylation sites is 1. The Bertz CT molecular complexity index is 1170. The second kappa shape index (κ2) is 10.9. The molecule has 0 aromatic heterocycles. The highest BCUT2D eigenvalue weighted by Crippen LogP contribution is 2.34. The summed E-state index contributed by atoms with van der Waals surface area (Å²) in [5.74, 6) is 0.389. The molecular formula is C22H17ClIN3O5. The first-order valence-electron chi connectivity index (χ1n) is 9.20. The van der Waals surface area contributed by atoms with Crippen molar-refractivity contribution in [3.63, 3.8) is 0 Å². The van der Waals surface area contributed by atoms with E-state index in [1.807, 2.05) is 12.1 Å². The lowest BCUT2D eigenvalue weighted by molar-refractivity contribution is -0.385. The molecule has 0 unspecified atom stereocenters. The number of methoxy groups -OCH3 is 1. The van der Waals surface area contributed by atoms with Crippen LogP contribution in [0, 0.1) is 13.7 Å². The highest BCUT2D eigenvalue weighted by Gasteiger charge is 2.18. The molecule has 8 nitrogen and oxygen atoms in total. The van der Waals surface area contributed by atoms with Crippen molar-refractivity contribution >= 4 is 52.0 Å². The number of rotatable bonds is 8. The van der Waals surface area contributed by atoms with Crippen molar-refractivity contribution in [1.82, 2.24) is 5.43 Å². The minimum Gasteiger partial charge on any atom is -0.493 e. The first-order chi connectivity index (χ1) is 15.4. The zero-order valence-corrected chi connectivity index (χ0v) is 19.7. The van der Waals surface area contributed by atoms with Gasteiger partial charge in [-0.25, -0.2) is 5.43 Å². The minimum absolute atomic E-state index is 0.0761. The summed E-state index contributed by atoms with van der Waals surface area (Å²) < 4.78 is 12.1. The van der Waals surface area contributed by atoms with Gasteiger partial charge in [0.1, 0.15) is 12.2 Å². The van der Waals surface area contributed by atoms with Gasteiger partial charge in [0.05, 0.1) is 21.8 Å². The summed E-state index contributed by atoms with van der Waals surface area (Å²) in [6.07, 6.45) is 1.42. The summed E-state index contributed by atoms with van der Waals surface area (Å²) in [6.45, 7) is 0.336. The lowest BCUT2D eigenvalue weighted by Crippen LogP contribution is -2.19. The van der Waals surface area contributed by atoms with Gasteiger partial charge >= 0.3 is 0 Å². The second-order valence-corrected chi connectivity index (χ2v) is 8.02. The highest BCUT2D eigenvalue weighted by molar-refractivity contribution is 14.1. The number of hydrogen-bond donors (Lipinski definition) is 1. The molecule has 0 aliphatic rings. The van der Waals surface area contributed by atoms with Crippen LogP contribution < -0.4 is 14.9 Å². The van der Waals surface area contributed by atoms with Gasteiger partial charge in [-0.05, 0) is 64.0 Å². The summed E-state index contributed by atoms with van der Waals surface area (Å²) >= 11 is 8.03. The monoisotopic (exact) mass is 565 g/mol. The van der Waals surface area contributed by atoms with Gasteiger partial charge in [0.15, 0.2) is 11.5 Å². The number of nitro benzene ring substituents is 1. The summed E-state index contributed by atoms with van der Waals surface area (Å²) in [4.78, 5) is 22.7. The SMILES string of the molecule is COc1cc(/C=N\NC(=O)c2ccccc2[N+](=O)[O-])cc(I)c1OCc1ccc(Cl)cc1. The molecule has 0 saturated carbocycles. The second-order valence-electron chi connectivity index (χ2n) is 6.42. The van der Waals surface area contributed by atoms with Crippen molar-refractivity contribution in [1.29, 1.82) is 0 Å². The van der Waals surface area contributed by atoms with E-state index in [2.05, 4.69) is 33.1 Å². The van der Waals surface area contributed by atoms with Crippen molar-refractivity contribution < 1.29 is 19.2 Å². The molecule has 1 N–H and O–H groups in total. The Labute approximate surface area is 202 Å². The smallest absolute Gasteiger partial charge is 0.282 e. The molecule has 0 spiro atoms. The van der Waals surface area contributed by atoms with Crippen LogP contribution in [-0.2, 0) is 6.61 Å². The van der Waals surface area contributed by atoms with E-state index in [9.17, 15) is 14.9 Å². The number of nitrogens with one attached hydrogen (secondary N) is 1. The molecule has 32 heavy (non-hydrogen) atoms. The van der Waals surface area contributed by atoms with Crippen LogP contribution in [0.2, 0.25) is 5.02 Å². The average molecular weight is 566 g/mol. The third-order valence-corrected chi connectivity index (χ3v) is 5.33. The average Bonchev–Trinajstić information content (AvgIpc) is 2.79. The molecule has 0 aliphatic carbocycles. The Balaban J connectivity index is 1.71. The number of carbonyl (C=O) groups is 1. The van der Waals surface area contributed by atoms with Crippen LogP contribution in [0.1, 0.15) is 21.5 Å². The van der Waals surface area contributed by atoms with Gasteiger partial charge in [-0.1, -0.05) is 35.9 Å². The molecule has 10 heteroatoms. The zero-order chi connectivity index (χ0) is 23.1.